The van der Waals surface area contributed by atoms with Gasteiger partial charge in [-0.1, -0.05) is 11.6 Å². The van der Waals surface area contributed by atoms with E-state index in [4.69, 9.17) is 4.74 Å². The summed E-state index contributed by atoms with van der Waals surface area (Å²) >= 11 is 0. The normalized spacial score (nSPS) is 10.1. The van der Waals surface area contributed by atoms with Crippen LogP contribution in [0.5, 0.6) is 5.75 Å². The Morgan fingerprint density at radius 3 is 2.69 bits per heavy atom. The Hall–Kier alpha value is -2.03. The third-order valence-corrected chi connectivity index (χ3v) is 2.46. The summed E-state index contributed by atoms with van der Waals surface area (Å²) in [5.41, 5.74) is 2.44. The smallest absolute Gasteiger partial charge is 0.255 e. The van der Waals surface area contributed by atoms with E-state index in [9.17, 15) is 4.79 Å². The van der Waals surface area contributed by atoms with Crippen molar-refractivity contribution in [1.82, 2.24) is 4.98 Å². The summed E-state index contributed by atoms with van der Waals surface area (Å²) in [5, 5.41) is 0. The largest absolute Gasteiger partial charge is 0.496 e. The van der Waals surface area contributed by atoms with Gasteiger partial charge in [0.15, 0.2) is 0 Å². The van der Waals surface area contributed by atoms with Crippen molar-refractivity contribution >= 4 is 0 Å². The number of aromatic nitrogens is 1. The van der Waals surface area contributed by atoms with Crippen LogP contribution in [0, 0.1) is 6.92 Å². The molecule has 0 amide bonds. The second-order valence-electron chi connectivity index (χ2n) is 3.62. The first kappa shape index (κ1) is 10.5. The molecule has 1 heterocycles. The van der Waals surface area contributed by atoms with Crippen molar-refractivity contribution in [2.45, 2.75) is 6.92 Å². The SMILES string of the molecule is COc1ccc(C)cc1-c1ccc[nH]c1=O. The third-order valence-electron chi connectivity index (χ3n) is 2.46. The zero-order valence-corrected chi connectivity index (χ0v) is 9.28. The minimum absolute atomic E-state index is 0.105. The average Bonchev–Trinajstić information content (AvgIpc) is 2.29. The van der Waals surface area contributed by atoms with E-state index in [0.717, 1.165) is 11.1 Å². The van der Waals surface area contributed by atoms with E-state index in [1.165, 1.54) is 0 Å². The molecule has 1 N–H and O–H groups in total. The molecule has 16 heavy (non-hydrogen) atoms. The van der Waals surface area contributed by atoms with Crippen LogP contribution >= 0.6 is 0 Å². The molecule has 0 aliphatic carbocycles. The molecule has 0 atom stereocenters. The van der Waals surface area contributed by atoms with Gasteiger partial charge >= 0.3 is 0 Å². The number of H-pyrrole nitrogens is 1. The van der Waals surface area contributed by atoms with Crippen LogP contribution in [0.1, 0.15) is 5.56 Å². The fraction of sp³-hybridized carbons (Fsp3) is 0.154. The molecule has 0 bridgehead atoms. The van der Waals surface area contributed by atoms with E-state index in [2.05, 4.69) is 4.98 Å². The molecule has 0 saturated carbocycles. The van der Waals surface area contributed by atoms with Gasteiger partial charge < -0.3 is 9.72 Å². The van der Waals surface area contributed by atoms with Crippen molar-refractivity contribution in [3.05, 3.63) is 52.4 Å². The Bertz CT molecular complexity index is 558. The van der Waals surface area contributed by atoms with Crippen LogP contribution in [0.15, 0.2) is 41.3 Å². The van der Waals surface area contributed by atoms with Crippen LogP contribution in [0.4, 0.5) is 0 Å². The number of pyridine rings is 1. The number of aryl methyl sites for hydroxylation is 1. The van der Waals surface area contributed by atoms with Gasteiger partial charge in [0.1, 0.15) is 5.75 Å². The van der Waals surface area contributed by atoms with Gasteiger partial charge in [0.05, 0.1) is 12.7 Å². The number of methoxy groups -OCH3 is 1. The molecular weight excluding hydrogens is 202 g/mol. The molecule has 0 radical (unpaired) electrons. The van der Waals surface area contributed by atoms with Crippen LogP contribution in [-0.4, -0.2) is 12.1 Å². The lowest BCUT2D eigenvalue weighted by atomic mass is 10.0. The maximum atomic E-state index is 11.7. The lowest BCUT2D eigenvalue weighted by Crippen LogP contribution is -2.07. The van der Waals surface area contributed by atoms with Crippen molar-refractivity contribution in [2.75, 3.05) is 7.11 Å². The Labute approximate surface area is 93.7 Å². The summed E-state index contributed by atoms with van der Waals surface area (Å²) in [6.07, 6.45) is 1.62. The molecular formula is C13H13NO2. The van der Waals surface area contributed by atoms with Gasteiger partial charge in [-0.2, -0.15) is 0 Å². The van der Waals surface area contributed by atoms with Crippen molar-refractivity contribution < 1.29 is 4.74 Å². The topological polar surface area (TPSA) is 42.1 Å². The highest BCUT2D eigenvalue weighted by Gasteiger charge is 2.08. The quantitative estimate of drug-likeness (QED) is 0.835. The number of rotatable bonds is 2. The van der Waals surface area contributed by atoms with Crippen LogP contribution in [0.25, 0.3) is 11.1 Å². The first-order valence-electron chi connectivity index (χ1n) is 5.05. The van der Waals surface area contributed by atoms with Crippen LogP contribution < -0.4 is 10.3 Å². The molecule has 1 aromatic carbocycles. The monoisotopic (exact) mass is 215 g/mol. The maximum absolute atomic E-state index is 11.7. The van der Waals surface area contributed by atoms with Crippen LogP contribution in [0.3, 0.4) is 0 Å². The first-order valence-corrected chi connectivity index (χ1v) is 5.05. The molecule has 3 heteroatoms. The number of benzene rings is 1. The standard InChI is InChI=1S/C13H13NO2/c1-9-5-6-12(16-2)11(8-9)10-4-3-7-14-13(10)15/h3-8H,1-2H3,(H,14,15). The highest BCUT2D eigenvalue weighted by atomic mass is 16.5. The average molecular weight is 215 g/mol. The van der Waals surface area contributed by atoms with Crippen LogP contribution in [-0.2, 0) is 0 Å². The maximum Gasteiger partial charge on any atom is 0.255 e. The molecule has 3 nitrogen and oxygen atoms in total. The molecule has 2 aromatic rings. The second-order valence-corrected chi connectivity index (χ2v) is 3.62. The fourth-order valence-corrected chi connectivity index (χ4v) is 1.67. The van der Waals surface area contributed by atoms with Crippen molar-refractivity contribution in [3.63, 3.8) is 0 Å². The molecule has 0 unspecified atom stereocenters. The Balaban J connectivity index is 2.68. The van der Waals surface area contributed by atoms with Crippen molar-refractivity contribution in [2.24, 2.45) is 0 Å². The lowest BCUT2D eigenvalue weighted by Gasteiger charge is -2.08. The zero-order valence-electron chi connectivity index (χ0n) is 9.28. The van der Waals surface area contributed by atoms with Gasteiger partial charge in [-0.05, 0) is 31.2 Å². The molecule has 0 aliphatic heterocycles. The predicted molar refractivity (Wildman–Crippen MR) is 63.8 cm³/mol. The Morgan fingerprint density at radius 2 is 2.00 bits per heavy atom. The fourth-order valence-electron chi connectivity index (χ4n) is 1.67. The van der Waals surface area contributed by atoms with E-state index >= 15 is 0 Å². The number of ether oxygens (including phenoxy) is 1. The van der Waals surface area contributed by atoms with E-state index in [1.54, 1.807) is 25.4 Å². The molecule has 0 aliphatic rings. The highest BCUT2D eigenvalue weighted by molar-refractivity contribution is 5.70. The van der Waals surface area contributed by atoms with Crippen molar-refractivity contribution in [3.8, 4) is 16.9 Å². The summed E-state index contributed by atoms with van der Waals surface area (Å²) in [4.78, 5) is 14.3. The van der Waals surface area contributed by atoms with Gasteiger partial charge in [0.25, 0.3) is 5.56 Å². The summed E-state index contributed by atoms with van der Waals surface area (Å²) < 4.78 is 5.26. The van der Waals surface area contributed by atoms with Gasteiger partial charge in [-0.3, -0.25) is 4.79 Å². The van der Waals surface area contributed by atoms with Gasteiger partial charge in [-0.25, -0.2) is 0 Å². The highest BCUT2D eigenvalue weighted by Crippen LogP contribution is 2.28. The number of hydrogen-bond acceptors (Lipinski definition) is 2. The summed E-state index contributed by atoms with van der Waals surface area (Å²) in [5.74, 6) is 0.710. The Kier molecular flexibility index (Phi) is 2.77. The molecule has 1 aromatic heterocycles. The minimum Gasteiger partial charge on any atom is -0.496 e. The minimum atomic E-state index is -0.105. The molecule has 2 rings (SSSR count). The predicted octanol–water partition coefficient (Wildman–Crippen LogP) is 2.36. The zero-order chi connectivity index (χ0) is 11.5. The van der Waals surface area contributed by atoms with Crippen molar-refractivity contribution in [1.29, 1.82) is 0 Å². The first-order chi connectivity index (χ1) is 7.72. The molecule has 82 valence electrons. The molecule has 0 saturated heterocycles. The van der Waals surface area contributed by atoms with E-state index in [1.807, 2.05) is 25.1 Å². The number of nitrogens with one attached hydrogen (secondary N) is 1. The van der Waals surface area contributed by atoms with E-state index in [-0.39, 0.29) is 5.56 Å². The summed E-state index contributed by atoms with van der Waals surface area (Å²) in [7, 11) is 1.60. The number of aromatic amines is 1. The van der Waals surface area contributed by atoms with E-state index in [0.29, 0.717) is 11.3 Å². The molecule has 0 fully saturated rings. The van der Waals surface area contributed by atoms with Crippen LogP contribution in [0.2, 0.25) is 0 Å². The summed E-state index contributed by atoms with van der Waals surface area (Å²) in [6.45, 7) is 1.99. The van der Waals surface area contributed by atoms with Gasteiger partial charge in [-0.15, -0.1) is 0 Å². The molecule has 0 spiro atoms. The number of hydrogen-bond donors (Lipinski definition) is 1. The summed E-state index contributed by atoms with van der Waals surface area (Å²) in [6, 6.07) is 9.37. The van der Waals surface area contributed by atoms with Gasteiger partial charge in [0.2, 0.25) is 0 Å². The van der Waals surface area contributed by atoms with Gasteiger partial charge in [0, 0.05) is 11.8 Å². The Morgan fingerprint density at radius 1 is 1.19 bits per heavy atom. The van der Waals surface area contributed by atoms with E-state index < -0.39 is 0 Å². The second kappa shape index (κ2) is 4.23. The lowest BCUT2D eigenvalue weighted by molar-refractivity contribution is 0.416. The third kappa shape index (κ3) is 1.84.